The van der Waals surface area contributed by atoms with Gasteiger partial charge >= 0.3 is 0 Å². The molecule has 27 heavy (non-hydrogen) atoms. The van der Waals surface area contributed by atoms with Crippen molar-refractivity contribution in [1.82, 2.24) is 24.8 Å². The van der Waals surface area contributed by atoms with Crippen molar-refractivity contribution < 1.29 is 9.47 Å². The second-order valence-electron chi connectivity index (χ2n) is 7.03. The highest BCUT2D eigenvalue weighted by Gasteiger charge is 2.34. The number of morpholine rings is 2. The Bertz CT molecular complexity index is 804. The second-order valence-corrected chi connectivity index (χ2v) is 8.38. The van der Waals surface area contributed by atoms with Crippen molar-refractivity contribution >= 4 is 39.1 Å². The molecule has 2 aromatic rings. The maximum atomic E-state index is 6.24. The van der Waals surface area contributed by atoms with Gasteiger partial charge in [-0.15, -0.1) is 0 Å². The van der Waals surface area contributed by atoms with E-state index in [1.54, 1.807) is 11.3 Å². The summed E-state index contributed by atoms with van der Waals surface area (Å²) in [5, 5.41) is 1.36. The van der Waals surface area contributed by atoms with E-state index in [4.69, 9.17) is 26.1 Å². The molecule has 0 spiro atoms. The summed E-state index contributed by atoms with van der Waals surface area (Å²) in [5.74, 6) is 0.833. The molecule has 5 rings (SSSR count). The Morgan fingerprint density at radius 3 is 2.19 bits per heavy atom. The van der Waals surface area contributed by atoms with Crippen molar-refractivity contribution in [3.8, 4) is 0 Å². The number of hydrogen-bond donors (Lipinski definition) is 0. The van der Waals surface area contributed by atoms with Crippen molar-refractivity contribution in [1.29, 1.82) is 0 Å². The number of anilines is 1. The van der Waals surface area contributed by atoms with Crippen LogP contribution in [0.3, 0.4) is 0 Å². The Balaban J connectivity index is 1.53. The van der Waals surface area contributed by atoms with Crippen molar-refractivity contribution in [2.24, 2.45) is 0 Å². The Morgan fingerprint density at radius 1 is 0.852 bits per heavy atom. The molecular weight excluding hydrogens is 388 g/mol. The van der Waals surface area contributed by atoms with Crippen LogP contribution < -0.4 is 4.90 Å². The fourth-order valence-electron chi connectivity index (χ4n) is 3.86. The fraction of sp³-hybridized carbons (Fsp3) is 0.706. The lowest BCUT2D eigenvalue weighted by Gasteiger charge is -2.44. The lowest BCUT2D eigenvalue weighted by atomic mass is 10.2. The van der Waals surface area contributed by atoms with E-state index in [1.165, 1.54) is 6.42 Å². The van der Waals surface area contributed by atoms with E-state index in [2.05, 4.69) is 24.7 Å². The maximum absolute atomic E-state index is 6.24. The zero-order valence-corrected chi connectivity index (χ0v) is 16.7. The quantitative estimate of drug-likeness (QED) is 0.704. The summed E-state index contributed by atoms with van der Waals surface area (Å²) in [6.07, 6.45) is 1.44. The molecular formula is C17H23ClN6O2S. The van der Waals surface area contributed by atoms with Crippen molar-refractivity contribution in [2.75, 3.05) is 70.6 Å². The van der Waals surface area contributed by atoms with E-state index in [0.717, 1.165) is 73.7 Å². The second kappa shape index (κ2) is 7.73. The minimum absolute atomic E-state index is 0.193. The number of fused-ring (bicyclic) bond motifs is 1. The monoisotopic (exact) mass is 410 g/mol. The standard InChI is InChI=1S/C17H23ClN6O2S/c18-17-20-13(22-4-8-25-9-5-22)12-14(21-17)27-15(19-12)16(23-2-1-3-23)24-6-10-26-11-7-24/h16H,1-11H2. The SMILES string of the molecule is Clc1nc(N2CCOCC2)c2nc(C(N3CCC3)N3CCOCC3)sc2n1. The van der Waals surface area contributed by atoms with Crippen LogP contribution in [0.15, 0.2) is 0 Å². The molecule has 1 atom stereocenters. The molecule has 0 aromatic carbocycles. The minimum atomic E-state index is 0.193. The first-order valence-corrected chi connectivity index (χ1v) is 10.7. The third-order valence-electron chi connectivity index (χ3n) is 5.39. The zero-order valence-electron chi connectivity index (χ0n) is 15.1. The highest BCUT2D eigenvalue weighted by atomic mass is 35.5. The minimum Gasteiger partial charge on any atom is -0.379 e. The predicted molar refractivity (Wildman–Crippen MR) is 105 cm³/mol. The molecule has 2 aromatic heterocycles. The molecule has 0 amide bonds. The van der Waals surface area contributed by atoms with E-state index >= 15 is 0 Å². The van der Waals surface area contributed by atoms with E-state index in [0.29, 0.717) is 13.2 Å². The summed E-state index contributed by atoms with van der Waals surface area (Å²) in [4.78, 5) is 22.1. The number of likely N-dealkylation sites (tertiary alicyclic amines) is 1. The molecule has 3 aliphatic rings. The lowest BCUT2D eigenvalue weighted by Crippen LogP contribution is -2.51. The van der Waals surface area contributed by atoms with Crippen LogP contribution in [0.1, 0.15) is 17.6 Å². The molecule has 3 aliphatic heterocycles. The summed E-state index contributed by atoms with van der Waals surface area (Å²) in [5.41, 5.74) is 0.861. The average molecular weight is 411 g/mol. The Kier molecular flexibility index (Phi) is 5.14. The van der Waals surface area contributed by atoms with Crippen molar-refractivity contribution in [2.45, 2.75) is 12.6 Å². The van der Waals surface area contributed by atoms with Crippen LogP contribution in [0.5, 0.6) is 0 Å². The average Bonchev–Trinajstić information content (AvgIpc) is 3.08. The van der Waals surface area contributed by atoms with Crippen LogP contribution in [0.2, 0.25) is 5.28 Å². The van der Waals surface area contributed by atoms with Gasteiger partial charge in [0.1, 0.15) is 16.7 Å². The van der Waals surface area contributed by atoms with Gasteiger partial charge in [-0.2, -0.15) is 4.98 Å². The van der Waals surface area contributed by atoms with Crippen LogP contribution in [-0.2, 0) is 9.47 Å². The summed E-state index contributed by atoms with van der Waals surface area (Å²) >= 11 is 7.88. The largest absolute Gasteiger partial charge is 0.379 e. The molecule has 3 saturated heterocycles. The van der Waals surface area contributed by atoms with Gasteiger partial charge in [0, 0.05) is 39.3 Å². The first-order chi connectivity index (χ1) is 13.3. The smallest absolute Gasteiger partial charge is 0.225 e. The van der Waals surface area contributed by atoms with E-state index in [1.807, 2.05) is 0 Å². The maximum Gasteiger partial charge on any atom is 0.225 e. The number of hydrogen-bond acceptors (Lipinski definition) is 9. The number of nitrogens with zero attached hydrogens (tertiary/aromatic N) is 6. The van der Waals surface area contributed by atoms with E-state index in [9.17, 15) is 0 Å². The van der Waals surface area contributed by atoms with Gasteiger partial charge < -0.3 is 14.4 Å². The summed E-state index contributed by atoms with van der Waals surface area (Å²) in [6, 6.07) is 0. The molecule has 0 bridgehead atoms. The number of halogens is 1. The molecule has 0 radical (unpaired) electrons. The first kappa shape index (κ1) is 18.0. The Morgan fingerprint density at radius 2 is 1.52 bits per heavy atom. The van der Waals surface area contributed by atoms with Gasteiger partial charge in [0.2, 0.25) is 5.28 Å². The van der Waals surface area contributed by atoms with Crippen LogP contribution in [0, 0.1) is 0 Å². The van der Waals surface area contributed by atoms with Crippen molar-refractivity contribution in [3.05, 3.63) is 10.3 Å². The van der Waals surface area contributed by atoms with Gasteiger partial charge in [-0.1, -0.05) is 11.3 Å². The van der Waals surface area contributed by atoms with Gasteiger partial charge in [0.15, 0.2) is 10.6 Å². The molecule has 3 fully saturated rings. The number of ether oxygens (including phenoxy) is 2. The molecule has 10 heteroatoms. The van der Waals surface area contributed by atoms with Crippen LogP contribution >= 0.6 is 22.9 Å². The third kappa shape index (κ3) is 3.52. The molecule has 8 nitrogen and oxygen atoms in total. The molecule has 0 aliphatic carbocycles. The lowest BCUT2D eigenvalue weighted by molar-refractivity contribution is -0.0546. The van der Waals surface area contributed by atoms with Gasteiger partial charge in [-0.25, -0.2) is 9.97 Å². The van der Waals surface area contributed by atoms with E-state index in [-0.39, 0.29) is 11.4 Å². The predicted octanol–water partition coefficient (Wildman–Crippen LogP) is 1.61. The van der Waals surface area contributed by atoms with Gasteiger partial charge in [0.05, 0.1) is 26.4 Å². The Labute approximate surface area is 167 Å². The van der Waals surface area contributed by atoms with E-state index < -0.39 is 0 Å². The van der Waals surface area contributed by atoms with Crippen molar-refractivity contribution in [3.63, 3.8) is 0 Å². The third-order valence-corrected chi connectivity index (χ3v) is 6.55. The molecule has 1 unspecified atom stereocenters. The molecule has 0 N–H and O–H groups in total. The van der Waals surface area contributed by atoms with Gasteiger partial charge in [-0.3, -0.25) is 9.80 Å². The first-order valence-electron chi connectivity index (χ1n) is 9.52. The normalized spacial score (nSPS) is 23.5. The van der Waals surface area contributed by atoms with Crippen LogP contribution in [-0.4, -0.2) is 90.4 Å². The zero-order chi connectivity index (χ0) is 18.2. The topological polar surface area (TPSA) is 66.9 Å². The number of aromatic nitrogens is 3. The summed E-state index contributed by atoms with van der Waals surface area (Å²) in [7, 11) is 0. The molecule has 146 valence electrons. The number of thiazole rings is 1. The van der Waals surface area contributed by atoms with Crippen LogP contribution in [0.25, 0.3) is 10.3 Å². The highest BCUT2D eigenvalue weighted by molar-refractivity contribution is 7.18. The van der Waals surface area contributed by atoms with Gasteiger partial charge in [-0.05, 0) is 18.0 Å². The summed E-state index contributed by atoms with van der Waals surface area (Å²) in [6.45, 7) is 8.64. The molecule has 0 saturated carbocycles. The highest BCUT2D eigenvalue weighted by Crippen LogP contribution is 2.37. The molecule has 5 heterocycles. The number of rotatable bonds is 4. The fourth-order valence-corrected chi connectivity index (χ4v) is 5.17. The summed E-state index contributed by atoms with van der Waals surface area (Å²) < 4.78 is 11.0. The van der Waals surface area contributed by atoms with Gasteiger partial charge in [0.25, 0.3) is 0 Å². The van der Waals surface area contributed by atoms with Crippen LogP contribution in [0.4, 0.5) is 5.82 Å². The Hall–Kier alpha value is -1.10.